The van der Waals surface area contributed by atoms with Crippen LogP contribution in [0, 0.1) is 10.1 Å². The normalized spacial score (nSPS) is 11.3. The molecule has 3 aromatic carbocycles. The maximum atomic E-state index is 11.3. The van der Waals surface area contributed by atoms with Crippen molar-refractivity contribution in [2.24, 2.45) is 0 Å². The van der Waals surface area contributed by atoms with Crippen LogP contribution in [0.15, 0.2) is 78.9 Å². The van der Waals surface area contributed by atoms with Crippen molar-refractivity contribution in [1.82, 2.24) is 5.32 Å². The maximum Gasteiger partial charge on any atom is 0.269 e. The van der Waals surface area contributed by atoms with Gasteiger partial charge < -0.3 is 5.32 Å². The molecule has 0 aliphatic heterocycles. The molecular formula is C20H17ClN2O2. The number of hydrogen-bond donors (Lipinski definition) is 1. The Morgan fingerprint density at radius 2 is 1.44 bits per heavy atom. The van der Waals surface area contributed by atoms with Crippen LogP contribution in [-0.4, -0.2) is 12.0 Å². The largest absolute Gasteiger partial charge is 0.303 e. The van der Waals surface area contributed by atoms with Crippen LogP contribution in [0.25, 0.3) is 0 Å². The minimum atomic E-state index is -0.800. The Labute approximate surface area is 151 Å². The van der Waals surface area contributed by atoms with Crippen LogP contribution in [-0.2, 0) is 5.54 Å². The van der Waals surface area contributed by atoms with E-state index in [1.807, 2.05) is 67.7 Å². The summed E-state index contributed by atoms with van der Waals surface area (Å²) in [5.41, 5.74) is 1.75. The average molecular weight is 353 g/mol. The first-order valence-corrected chi connectivity index (χ1v) is 8.22. The quantitative estimate of drug-likeness (QED) is 0.409. The molecule has 0 atom stereocenters. The number of rotatable bonds is 5. The number of nitro groups is 1. The number of halogens is 1. The fraction of sp³-hybridized carbons (Fsp3) is 0.100. The van der Waals surface area contributed by atoms with Gasteiger partial charge in [0.05, 0.1) is 10.5 Å². The van der Waals surface area contributed by atoms with Crippen LogP contribution >= 0.6 is 11.6 Å². The zero-order chi connectivity index (χ0) is 17.9. The Balaban J connectivity index is 2.37. The molecule has 0 unspecified atom stereocenters. The molecule has 3 aromatic rings. The molecule has 0 radical (unpaired) electrons. The Morgan fingerprint density at radius 1 is 0.920 bits per heavy atom. The Bertz CT molecular complexity index is 843. The standard InChI is InChI=1S/C20H17ClN2O2/c1-22-20(15-8-4-2-5-9-15,16-10-6-3-7-11-16)18-14-17(23(24)25)12-13-19(18)21/h2-14,22H,1H3. The van der Waals surface area contributed by atoms with Crippen LogP contribution in [0.1, 0.15) is 16.7 Å². The lowest BCUT2D eigenvalue weighted by molar-refractivity contribution is -0.384. The highest BCUT2D eigenvalue weighted by Crippen LogP contribution is 2.41. The monoisotopic (exact) mass is 352 g/mol. The zero-order valence-corrected chi connectivity index (χ0v) is 14.4. The fourth-order valence-electron chi connectivity index (χ4n) is 3.19. The number of nitrogens with zero attached hydrogens (tertiary/aromatic N) is 1. The maximum absolute atomic E-state index is 11.3. The summed E-state index contributed by atoms with van der Waals surface area (Å²) in [5, 5.41) is 15.1. The highest BCUT2D eigenvalue weighted by molar-refractivity contribution is 6.31. The highest BCUT2D eigenvalue weighted by atomic mass is 35.5. The Morgan fingerprint density at radius 3 is 1.88 bits per heavy atom. The number of hydrogen-bond acceptors (Lipinski definition) is 3. The lowest BCUT2D eigenvalue weighted by atomic mass is 9.77. The minimum absolute atomic E-state index is 0.00545. The molecule has 1 N–H and O–H groups in total. The summed E-state index contributed by atoms with van der Waals surface area (Å²) >= 11 is 6.50. The summed E-state index contributed by atoms with van der Waals surface area (Å²) in [7, 11) is 1.83. The van der Waals surface area contributed by atoms with Gasteiger partial charge in [-0.1, -0.05) is 72.3 Å². The number of non-ortho nitro benzene ring substituents is 1. The molecule has 0 saturated carbocycles. The van der Waals surface area contributed by atoms with Gasteiger partial charge in [0.25, 0.3) is 5.69 Å². The third kappa shape index (κ3) is 3.02. The van der Waals surface area contributed by atoms with E-state index >= 15 is 0 Å². The topological polar surface area (TPSA) is 55.2 Å². The van der Waals surface area contributed by atoms with Gasteiger partial charge in [0.15, 0.2) is 0 Å². The van der Waals surface area contributed by atoms with Crippen molar-refractivity contribution in [3.05, 3.63) is 111 Å². The van der Waals surface area contributed by atoms with E-state index in [0.29, 0.717) is 10.6 Å². The number of benzene rings is 3. The van der Waals surface area contributed by atoms with Crippen LogP contribution in [0.5, 0.6) is 0 Å². The van der Waals surface area contributed by atoms with Crippen molar-refractivity contribution in [2.45, 2.75) is 5.54 Å². The molecule has 0 amide bonds. The molecule has 4 nitrogen and oxygen atoms in total. The second kappa shape index (κ2) is 7.05. The van der Waals surface area contributed by atoms with E-state index in [0.717, 1.165) is 11.1 Å². The van der Waals surface area contributed by atoms with E-state index < -0.39 is 10.5 Å². The van der Waals surface area contributed by atoms with Crippen LogP contribution in [0.3, 0.4) is 0 Å². The van der Waals surface area contributed by atoms with E-state index in [1.54, 1.807) is 12.1 Å². The van der Waals surface area contributed by atoms with Crippen LogP contribution < -0.4 is 5.32 Å². The van der Waals surface area contributed by atoms with E-state index in [9.17, 15) is 10.1 Å². The predicted octanol–water partition coefficient (Wildman–Crippen LogP) is 4.76. The van der Waals surface area contributed by atoms with Crippen LogP contribution in [0.4, 0.5) is 5.69 Å². The van der Waals surface area contributed by atoms with Crippen molar-refractivity contribution < 1.29 is 4.92 Å². The predicted molar refractivity (Wildman–Crippen MR) is 99.9 cm³/mol. The molecule has 5 heteroatoms. The second-order valence-corrected chi connectivity index (χ2v) is 6.06. The molecule has 25 heavy (non-hydrogen) atoms. The van der Waals surface area contributed by atoms with Gasteiger partial charge in [-0.15, -0.1) is 0 Å². The first-order chi connectivity index (χ1) is 12.1. The lowest BCUT2D eigenvalue weighted by Gasteiger charge is -2.36. The van der Waals surface area contributed by atoms with Gasteiger partial charge in [-0.05, 0) is 24.2 Å². The van der Waals surface area contributed by atoms with Gasteiger partial charge in [0, 0.05) is 22.7 Å². The van der Waals surface area contributed by atoms with E-state index in [-0.39, 0.29) is 5.69 Å². The zero-order valence-electron chi connectivity index (χ0n) is 13.6. The molecule has 0 aliphatic carbocycles. The van der Waals surface area contributed by atoms with E-state index in [4.69, 9.17) is 11.6 Å². The summed E-state index contributed by atoms with van der Waals surface area (Å²) < 4.78 is 0. The van der Waals surface area contributed by atoms with Crippen molar-refractivity contribution in [3.8, 4) is 0 Å². The smallest absolute Gasteiger partial charge is 0.269 e. The fourth-order valence-corrected chi connectivity index (χ4v) is 3.45. The third-order valence-corrected chi connectivity index (χ3v) is 4.68. The van der Waals surface area contributed by atoms with Gasteiger partial charge in [-0.2, -0.15) is 0 Å². The van der Waals surface area contributed by atoms with Crippen molar-refractivity contribution in [1.29, 1.82) is 0 Å². The summed E-state index contributed by atoms with van der Waals surface area (Å²) in [6.45, 7) is 0. The van der Waals surface area contributed by atoms with Gasteiger partial charge in [0.2, 0.25) is 0 Å². The number of nitro benzene ring substituents is 1. The molecule has 0 fully saturated rings. The summed E-state index contributed by atoms with van der Waals surface area (Å²) in [6.07, 6.45) is 0. The first-order valence-electron chi connectivity index (χ1n) is 7.84. The van der Waals surface area contributed by atoms with Gasteiger partial charge in [0.1, 0.15) is 0 Å². The molecular weight excluding hydrogens is 336 g/mol. The molecule has 0 heterocycles. The summed E-state index contributed by atoms with van der Waals surface area (Å²) in [6, 6.07) is 24.1. The molecule has 3 rings (SSSR count). The van der Waals surface area contributed by atoms with Gasteiger partial charge >= 0.3 is 0 Å². The Kier molecular flexibility index (Phi) is 4.83. The molecule has 0 saturated heterocycles. The lowest BCUT2D eigenvalue weighted by Crippen LogP contribution is -2.42. The SMILES string of the molecule is CNC(c1ccccc1)(c1ccccc1)c1cc([N+](=O)[O-])ccc1Cl. The van der Waals surface area contributed by atoms with E-state index in [1.165, 1.54) is 6.07 Å². The minimum Gasteiger partial charge on any atom is -0.303 e. The van der Waals surface area contributed by atoms with E-state index in [2.05, 4.69) is 5.32 Å². The Hall–Kier alpha value is -2.69. The van der Waals surface area contributed by atoms with Crippen molar-refractivity contribution in [3.63, 3.8) is 0 Å². The molecule has 0 aliphatic rings. The summed E-state index contributed by atoms with van der Waals surface area (Å²) in [4.78, 5) is 10.9. The van der Waals surface area contributed by atoms with Crippen molar-refractivity contribution in [2.75, 3.05) is 7.05 Å². The molecule has 0 bridgehead atoms. The molecule has 0 aromatic heterocycles. The van der Waals surface area contributed by atoms with Gasteiger partial charge in [-0.25, -0.2) is 0 Å². The first kappa shape index (κ1) is 17.1. The van der Waals surface area contributed by atoms with Crippen molar-refractivity contribution >= 4 is 17.3 Å². The second-order valence-electron chi connectivity index (χ2n) is 5.65. The average Bonchev–Trinajstić information content (AvgIpc) is 2.66. The third-order valence-electron chi connectivity index (χ3n) is 4.35. The highest BCUT2D eigenvalue weighted by Gasteiger charge is 2.37. The molecule has 0 spiro atoms. The summed E-state index contributed by atoms with van der Waals surface area (Å²) in [5.74, 6) is 0. The van der Waals surface area contributed by atoms with Crippen LogP contribution in [0.2, 0.25) is 5.02 Å². The number of nitrogens with one attached hydrogen (secondary N) is 1. The van der Waals surface area contributed by atoms with Gasteiger partial charge in [-0.3, -0.25) is 10.1 Å². The molecule has 126 valence electrons.